The SMILES string of the molecule is CSCC1(c2ccccc2)CN(C(=O)Nc2ccc(Br)cc2)N=C1c1ccc(C(F)(F)F)c(Cl)c1. The minimum absolute atomic E-state index is 0.216. The van der Waals surface area contributed by atoms with Crippen molar-refractivity contribution >= 4 is 56.7 Å². The molecule has 1 unspecified atom stereocenters. The van der Waals surface area contributed by atoms with E-state index in [0.717, 1.165) is 16.1 Å². The summed E-state index contributed by atoms with van der Waals surface area (Å²) < 4.78 is 40.8. The van der Waals surface area contributed by atoms with E-state index in [1.54, 1.807) is 36.0 Å². The molecule has 1 aliphatic rings. The van der Waals surface area contributed by atoms with Gasteiger partial charge in [-0.1, -0.05) is 63.9 Å². The Morgan fingerprint density at radius 3 is 2.43 bits per heavy atom. The molecule has 2 amide bonds. The van der Waals surface area contributed by atoms with E-state index in [-0.39, 0.29) is 6.54 Å². The molecule has 0 aliphatic carbocycles. The molecule has 1 atom stereocenters. The van der Waals surface area contributed by atoms with Crippen LogP contribution in [0, 0.1) is 0 Å². The maximum Gasteiger partial charge on any atom is 0.417 e. The Kier molecular flexibility index (Phi) is 7.49. The Bertz CT molecular complexity index is 1260. The zero-order valence-electron chi connectivity index (χ0n) is 18.4. The van der Waals surface area contributed by atoms with Crippen LogP contribution in [0.4, 0.5) is 23.7 Å². The van der Waals surface area contributed by atoms with Gasteiger partial charge in [-0.15, -0.1) is 0 Å². The maximum atomic E-state index is 13.3. The largest absolute Gasteiger partial charge is 0.417 e. The third-order valence-corrected chi connectivity index (χ3v) is 7.31. The number of rotatable bonds is 5. The Morgan fingerprint density at radius 1 is 1.14 bits per heavy atom. The standard InChI is InChI=1S/C25H20BrClF3N3OS/c1-35-15-24(17-5-3-2-4-6-17)14-33(23(34)31-19-10-8-18(26)9-11-19)32-22(24)16-7-12-20(21(27)13-16)25(28,29)30/h2-13H,14-15H2,1H3,(H,31,34). The van der Waals surface area contributed by atoms with Crippen molar-refractivity contribution < 1.29 is 18.0 Å². The number of benzene rings is 3. The van der Waals surface area contributed by atoms with Crippen LogP contribution in [0.2, 0.25) is 5.02 Å². The summed E-state index contributed by atoms with van der Waals surface area (Å²) in [7, 11) is 0. The molecule has 0 spiro atoms. The van der Waals surface area contributed by atoms with Gasteiger partial charge in [-0.25, -0.2) is 9.80 Å². The molecule has 0 fully saturated rings. The number of urea groups is 1. The predicted molar refractivity (Wildman–Crippen MR) is 139 cm³/mol. The van der Waals surface area contributed by atoms with Crippen LogP contribution in [-0.4, -0.2) is 35.3 Å². The Balaban J connectivity index is 1.78. The number of amides is 2. The van der Waals surface area contributed by atoms with Crippen molar-refractivity contribution in [1.82, 2.24) is 5.01 Å². The van der Waals surface area contributed by atoms with E-state index in [4.69, 9.17) is 11.6 Å². The van der Waals surface area contributed by atoms with Gasteiger partial charge in [-0.2, -0.15) is 30.0 Å². The van der Waals surface area contributed by atoms with E-state index < -0.39 is 28.2 Å². The van der Waals surface area contributed by atoms with Crippen molar-refractivity contribution in [3.05, 3.63) is 99.0 Å². The van der Waals surface area contributed by atoms with Crippen LogP contribution in [-0.2, 0) is 11.6 Å². The smallest absolute Gasteiger partial charge is 0.306 e. The average Bonchev–Trinajstić information content (AvgIpc) is 3.21. The first-order valence-corrected chi connectivity index (χ1v) is 13.1. The van der Waals surface area contributed by atoms with Gasteiger partial charge < -0.3 is 5.32 Å². The van der Waals surface area contributed by atoms with Crippen molar-refractivity contribution in [3.63, 3.8) is 0 Å². The van der Waals surface area contributed by atoms with Crippen molar-refractivity contribution in [3.8, 4) is 0 Å². The molecule has 0 saturated carbocycles. The van der Waals surface area contributed by atoms with Gasteiger partial charge in [0, 0.05) is 21.5 Å². The van der Waals surface area contributed by atoms with E-state index in [2.05, 4.69) is 26.3 Å². The number of hydrazone groups is 1. The van der Waals surface area contributed by atoms with Crippen LogP contribution in [0.1, 0.15) is 16.7 Å². The normalized spacial score (nSPS) is 17.9. The maximum absolute atomic E-state index is 13.3. The molecule has 0 aromatic heterocycles. The summed E-state index contributed by atoms with van der Waals surface area (Å²) in [5.74, 6) is 0.552. The third-order valence-electron chi connectivity index (χ3n) is 5.69. The molecule has 0 radical (unpaired) electrons. The summed E-state index contributed by atoms with van der Waals surface area (Å²) in [6.07, 6.45) is -2.63. The van der Waals surface area contributed by atoms with Crippen LogP contribution in [0.25, 0.3) is 0 Å². The molecule has 0 bridgehead atoms. The first kappa shape index (κ1) is 25.6. The number of hydrogen-bond donors (Lipinski definition) is 1. The summed E-state index contributed by atoms with van der Waals surface area (Å²) in [4.78, 5) is 13.2. The van der Waals surface area contributed by atoms with Crippen molar-refractivity contribution in [2.24, 2.45) is 5.10 Å². The summed E-state index contributed by atoms with van der Waals surface area (Å²) in [6.45, 7) is 0.216. The summed E-state index contributed by atoms with van der Waals surface area (Å²) in [5.41, 5.74) is 0.750. The summed E-state index contributed by atoms with van der Waals surface area (Å²) >= 11 is 11.0. The number of nitrogens with one attached hydrogen (secondary N) is 1. The topological polar surface area (TPSA) is 44.7 Å². The molecule has 4 rings (SSSR count). The van der Waals surface area contributed by atoms with E-state index in [1.807, 2.05) is 36.6 Å². The second kappa shape index (κ2) is 10.2. The fourth-order valence-electron chi connectivity index (χ4n) is 4.08. The van der Waals surface area contributed by atoms with Gasteiger partial charge >= 0.3 is 12.2 Å². The lowest BCUT2D eigenvalue weighted by molar-refractivity contribution is -0.137. The Morgan fingerprint density at radius 2 is 1.83 bits per heavy atom. The molecule has 182 valence electrons. The molecule has 3 aromatic carbocycles. The predicted octanol–water partition coefficient (Wildman–Crippen LogP) is 7.67. The highest BCUT2D eigenvalue weighted by molar-refractivity contribution is 9.10. The minimum Gasteiger partial charge on any atom is -0.306 e. The zero-order valence-corrected chi connectivity index (χ0v) is 21.6. The Labute approximate surface area is 218 Å². The average molecular weight is 583 g/mol. The van der Waals surface area contributed by atoms with Crippen molar-refractivity contribution in [2.45, 2.75) is 11.6 Å². The lowest BCUT2D eigenvalue weighted by Gasteiger charge is -2.31. The molecule has 0 saturated heterocycles. The summed E-state index contributed by atoms with van der Waals surface area (Å²) in [6, 6.07) is 19.8. The molecular formula is C25H20BrClF3N3OS. The van der Waals surface area contributed by atoms with E-state index in [9.17, 15) is 18.0 Å². The second-order valence-electron chi connectivity index (χ2n) is 8.02. The number of hydrogen-bond acceptors (Lipinski definition) is 3. The highest BCUT2D eigenvalue weighted by atomic mass is 79.9. The van der Waals surface area contributed by atoms with Crippen LogP contribution >= 0.6 is 39.3 Å². The van der Waals surface area contributed by atoms with Gasteiger partial charge in [-0.05, 0) is 48.2 Å². The quantitative estimate of drug-likeness (QED) is 0.335. The molecule has 35 heavy (non-hydrogen) atoms. The van der Waals surface area contributed by atoms with Crippen molar-refractivity contribution in [1.29, 1.82) is 0 Å². The molecule has 1 heterocycles. The highest BCUT2D eigenvalue weighted by Gasteiger charge is 2.46. The molecule has 1 N–H and O–H groups in total. The number of nitrogens with zero attached hydrogens (tertiary/aromatic N) is 2. The van der Waals surface area contributed by atoms with E-state index >= 15 is 0 Å². The fourth-order valence-corrected chi connectivity index (χ4v) is 5.52. The van der Waals surface area contributed by atoms with Gasteiger partial charge in [-0.3, -0.25) is 0 Å². The van der Waals surface area contributed by atoms with Crippen LogP contribution < -0.4 is 5.32 Å². The lowest BCUT2D eigenvalue weighted by Crippen LogP contribution is -2.43. The van der Waals surface area contributed by atoms with Gasteiger partial charge in [0.05, 0.1) is 28.3 Å². The van der Waals surface area contributed by atoms with Gasteiger partial charge in [0.1, 0.15) is 0 Å². The second-order valence-corrected chi connectivity index (χ2v) is 10.2. The molecule has 10 heteroatoms. The molecule has 1 aliphatic heterocycles. The number of halogens is 5. The van der Waals surface area contributed by atoms with Crippen LogP contribution in [0.15, 0.2) is 82.4 Å². The lowest BCUT2D eigenvalue weighted by atomic mass is 9.76. The first-order valence-electron chi connectivity index (χ1n) is 10.5. The third kappa shape index (κ3) is 5.37. The first-order chi connectivity index (χ1) is 16.6. The van der Waals surface area contributed by atoms with E-state index in [0.29, 0.717) is 22.7 Å². The fraction of sp³-hybridized carbons (Fsp3) is 0.200. The number of carbonyl (C=O) groups is 1. The highest BCUT2D eigenvalue weighted by Crippen LogP contribution is 2.40. The summed E-state index contributed by atoms with van der Waals surface area (Å²) in [5, 5.41) is 8.37. The molecular weight excluding hydrogens is 563 g/mol. The minimum atomic E-state index is -4.57. The zero-order chi connectivity index (χ0) is 25.2. The number of thioether (sulfide) groups is 1. The Hall–Kier alpha value is -2.49. The van der Waals surface area contributed by atoms with Crippen LogP contribution in [0.3, 0.4) is 0 Å². The molecule has 4 nitrogen and oxygen atoms in total. The van der Waals surface area contributed by atoms with Gasteiger partial charge in [0.2, 0.25) is 0 Å². The van der Waals surface area contributed by atoms with Gasteiger partial charge in [0.15, 0.2) is 0 Å². The number of alkyl halides is 3. The monoisotopic (exact) mass is 581 g/mol. The van der Waals surface area contributed by atoms with Gasteiger partial charge in [0.25, 0.3) is 0 Å². The number of anilines is 1. The van der Waals surface area contributed by atoms with Crippen LogP contribution in [0.5, 0.6) is 0 Å². The van der Waals surface area contributed by atoms with E-state index in [1.165, 1.54) is 17.1 Å². The number of carbonyl (C=O) groups excluding carboxylic acids is 1. The van der Waals surface area contributed by atoms with Crippen molar-refractivity contribution in [2.75, 3.05) is 23.9 Å². The molecule has 3 aromatic rings.